The minimum absolute atomic E-state index is 0.272. The summed E-state index contributed by atoms with van der Waals surface area (Å²) in [5.41, 5.74) is 7.54. The molecule has 1 heterocycles. The van der Waals surface area contributed by atoms with Gasteiger partial charge in [0.1, 0.15) is 5.76 Å². The molecule has 0 spiro atoms. The molecule has 1 atom stereocenters. The summed E-state index contributed by atoms with van der Waals surface area (Å²) in [6, 6.07) is 14.3. The largest absolute Gasteiger partial charge is 0.456 e. The fraction of sp³-hybridized carbons (Fsp3) is 0.125. The van der Waals surface area contributed by atoms with Crippen molar-refractivity contribution < 1.29 is 8.81 Å². The van der Waals surface area contributed by atoms with Gasteiger partial charge >= 0.3 is 0 Å². The molecule has 3 rings (SSSR count). The summed E-state index contributed by atoms with van der Waals surface area (Å²) < 4.78 is 20.2. The van der Waals surface area contributed by atoms with Crippen LogP contribution in [0.1, 0.15) is 17.4 Å². The predicted octanol–water partition coefficient (Wildman–Crippen LogP) is 4.58. The fourth-order valence-electron chi connectivity index (χ4n) is 2.21. The van der Waals surface area contributed by atoms with E-state index >= 15 is 0 Å². The van der Waals surface area contributed by atoms with Crippen LogP contribution in [-0.4, -0.2) is 0 Å². The Labute approximate surface area is 124 Å². The zero-order chi connectivity index (χ0) is 14.1. The van der Waals surface area contributed by atoms with Crippen molar-refractivity contribution in [3.8, 4) is 0 Å². The van der Waals surface area contributed by atoms with Gasteiger partial charge in [-0.1, -0.05) is 40.2 Å². The highest BCUT2D eigenvalue weighted by Crippen LogP contribution is 2.26. The summed E-state index contributed by atoms with van der Waals surface area (Å²) in [5, 5.41) is 0.742. The second-order valence-corrected chi connectivity index (χ2v) is 5.66. The van der Waals surface area contributed by atoms with Gasteiger partial charge in [-0.05, 0) is 36.2 Å². The normalized spacial score (nSPS) is 12.8. The molecule has 0 aliphatic carbocycles. The zero-order valence-electron chi connectivity index (χ0n) is 10.6. The smallest absolute Gasteiger partial charge is 0.169 e. The van der Waals surface area contributed by atoms with Gasteiger partial charge in [0.25, 0.3) is 0 Å². The lowest BCUT2D eigenvalue weighted by atomic mass is 10.0. The summed E-state index contributed by atoms with van der Waals surface area (Å²) in [6.07, 6.45) is 0.648. The van der Waals surface area contributed by atoms with Crippen LogP contribution in [0.15, 0.2) is 57.4 Å². The van der Waals surface area contributed by atoms with Crippen LogP contribution in [-0.2, 0) is 6.42 Å². The van der Waals surface area contributed by atoms with Crippen LogP contribution in [0.3, 0.4) is 0 Å². The maximum atomic E-state index is 13.6. The highest BCUT2D eigenvalue weighted by molar-refractivity contribution is 9.10. The molecule has 0 aliphatic rings. The Hall–Kier alpha value is -1.65. The minimum atomic E-state index is -0.357. The molecular weight excluding hydrogens is 321 g/mol. The van der Waals surface area contributed by atoms with Crippen molar-refractivity contribution in [2.24, 2.45) is 5.73 Å². The topological polar surface area (TPSA) is 39.2 Å². The van der Waals surface area contributed by atoms with Crippen molar-refractivity contribution >= 4 is 26.9 Å². The molecule has 0 bridgehead atoms. The average molecular weight is 334 g/mol. The molecule has 3 aromatic rings. The van der Waals surface area contributed by atoms with Gasteiger partial charge in [0.2, 0.25) is 0 Å². The molecule has 2 nitrogen and oxygen atoms in total. The number of rotatable bonds is 3. The molecule has 0 aliphatic heterocycles. The van der Waals surface area contributed by atoms with Crippen LogP contribution in [0.25, 0.3) is 11.0 Å². The lowest BCUT2D eigenvalue weighted by Gasteiger charge is -2.08. The van der Waals surface area contributed by atoms with Gasteiger partial charge in [-0.15, -0.1) is 0 Å². The van der Waals surface area contributed by atoms with E-state index in [2.05, 4.69) is 15.9 Å². The molecule has 0 saturated heterocycles. The third-order valence-electron chi connectivity index (χ3n) is 3.25. The van der Waals surface area contributed by atoms with Crippen molar-refractivity contribution in [1.29, 1.82) is 0 Å². The number of nitrogens with two attached hydrogens (primary N) is 1. The third kappa shape index (κ3) is 2.62. The standard InChI is InChI=1S/C16H13BrFNO/c17-12-6-4-10(5-7-12)8-14(19)15-9-11-2-1-3-13(18)16(11)20-15/h1-7,9,14H,8,19H2. The molecule has 0 radical (unpaired) electrons. The second kappa shape index (κ2) is 5.38. The number of hydrogen-bond donors (Lipinski definition) is 1. The number of furan rings is 1. The number of para-hydroxylation sites is 1. The molecule has 4 heteroatoms. The summed E-state index contributed by atoms with van der Waals surface area (Å²) in [4.78, 5) is 0. The zero-order valence-corrected chi connectivity index (χ0v) is 12.2. The Balaban J connectivity index is 1.86. The van der Waals surface area contributed by atoms with Gasteiger partial charge in [0.05, 0.1) is 6.04 Å². The molecule has 1 unspecified atom stereocenters. The van der Waals surface area contributed by atoms with Crippen molar-refractivity contribution in [1.82, 2.24) is 0 Å². The van der Waals surface area contributed by atoms with Crippen molar-refractivity contribution in [3.05, 3.63) is 70.1 Å². The summed E-state index contributed by atoms with van der Waals surface area (Å²) in [7, 11) is 0. The Kier molecular flexibility index (Phi) is 3.59. The number of benzene rings is 2. The van der Waals surface area contributed by atoms with Crippen molar-refractivity contribution in [2.45, 2.75) is 12.5 Å². The van der Waals surface area contributed by atoms with Gasteiger partial charge in [-0.3, -0.25) is 0 Å². The van der Waals surface area contributed by atoms with E-state index in [1.54, 1.807) is 6.07 Å². The second-order valence-electron chi connectivity index (χ2n) is 4.74. The van der Waals surface area contributed by atoms with E-state index in [-0.39, 0.29) is 17.4 Å². The maximum Gasteiger partial charge on any atom is 0.169 e. The summed E-state index contributed by atoms with van der Waals surface area (Å²) in [6.45, 7) is 0. The van der Waals surface area contributed by atoms with Crippen LogP contribution >= 0.6 is 15.9 Å². The van der Waals surface area contributed by atoms with E-state index in [4.69, 9.17) is 10.2 Å². The number of hydrogen-bond acceptors (Lipinski definition) is 2. The highest BCUT2D eigenvalue weighted by atomic mass is 79.9. The number of halogens is 2. The molecule has 102 valence electrons. The van der Waals surface area contributed by atoms with Crippen LogP contribution in [0, 0.1) is 5.82 Å². The third-order valence-corrected chi connectivity index (χ3v) is 3.78. The van der Waals surface area contributed by atoms with Crippen molar-refractivity contribution in [2.75, 3.05) is 0 Å². The van der Waals surface area contributed by atoms with E-state index in [9.17, 15) is 4.39 Å². The van der Waals surface area contributed by atoms with Gasteiger partial charge in [0, 0.05) is 9.86 Å². The molecule has 0 amide bonds. The van der Waals surface area contributed by atoms with E-state index in [0.29, 0.717) is 12.2 Å². The van der Waals surface area contributed by atoms with Crippen LogP contribution in [0.4, 0.5) is 4.39 Å². The molecule has 0 fully saturated rings. The molecule has 2 N–H and O–H groups in total. The lowest BCUT2D eigenvalue weighted by molar-refractivity contribution is 0.478. The Morgan fingerprint density at radius 2 is 1.90 bits per heavy atom. The number of fused-ring (bicyclic) bond motifs is 1. The minimum Gasteiger partial charge on any atom is -0.456 e. The molecule has 20 heavy (non-hydrogen) atoms. The Morgan fingerprint density at radius 1 is 1.15 bits per heavy atom. The van der Waals surface area contributed by atoms with E-state index in [0.717, 1.165) is 15.4 Å². The van der Waals surface area contributed by atoms with Crippen LogP contribution < -0.4 is 5.73 Å². The van der Waals surface area contributed by atoms with Gasteiger partial charge in [0.15, 0.2) is 11.4 Å². The van der Waals surface area contributed by atoms with E-state index < -0.39 is 0 Å². The van der Waals surface area contributed by atoms with Gasteiger partial charge in [-0.2, -0.15) is 0 Å². The van der Waals surface area contributed by atoms with E-state index in [1.165, 1.54) is 6.07 Å². The van der Waals surface area contributed by atoms with Gasteiger partial charge < -0.3 is 10.2 Å². The molecule has 2 aromatic carbocycles. The monoisotopic (exact) mass is 333 g/mol. The average Bonchev–Trinajstić information content (AvgIpc) is 2.87. The van der Waals surface area contributed by atoms with Gasteiger partial charge in [-0.25, -0.2) is 4.39 Å². The molecular formula is C16H13BrFNO. The fourth-order valence-corrected chi connectivity index (χ4v) is 2.47. The maximum absolute atomic E-state index is 13.6. The van der Waals surface area contributed by atoms with Crippen molar-refractivity contribution in [3.63, 3.8) is 0 Å². The predicted molar refractivity (Wildman–Crippen MR) is 80.9 cm³/mol. The summed E-state index contributed by atoms with van der Waals surface area (Å²) >= 11 is 3.40. The molecule has 0 saturated carbocycles. The highest BCUT2D eigenvalue weighted by Gasteiger charge is 2.14. The van der Waals surface area contributed by atoms with Crippen LogP contribution in [0.5, 0.6) is 0 Å². The summed E-state index contributed by atoms with van der Waals surface area (Å²) in [5.74, 6) is 0.248. The van der Waals surface area contributed by atoms with E-state index in [1.807, 2.05) is 36.4 Å². The lowest BCUT2D eigenvalue weighted by Crippen LogP contribution is -2.12. The first kappa shape index (κ1) is 13.3. The Bertz CT molecular complexity index is 736. The quantitative estimate of drug-likeness (QED) is 0.762. The SMILES string of the molecule is NC(Cc1ccc(Br)cc1)c1cc2cccc(F)c2o1. The first-order valence-corrected chi connectivity index (χ1v) is 7.11. The first-order chi connectivity index (χ1) is 9.63. The Morgan fingerprint density at radius 3 is 2.60 bits per heavy atom. The molecule has 1 aromatic heterocycles. The van der Waals surface area contributed by atoms with Crippen LogP contribution in [0.2, 0.25) is 0 Å². The first-order valence-electron chi connectivity index (χ1n) is 6.31.